The average Bonchev–Trinajstić information content (AvgIpc) is 3.42. The summed E-state index contributed by atoms with van der Waals surface area (Å²) in [6.45, 7) is 1.53. The van der Waals surface area contributed by atoms with Crippen molar-refractivity contribution < 1.29 is 13.2 Å². The first-order valence-corrected chi connectivity index (χ1v) is 11.3. The van der Waals surface area contributed by atoms with Crippen LogP contribution in [0, 0.1) is 0 Å². The molecule has 0 aliphatic carbocycles. The Morgan fingerprint density at radius 3 is 2.40 bits per heavy atom. The van der Waals surface area contributed by atoms with Crippen molar-refractivity contribution in [2.24, 2.45) is 0 Å². The highest BCUT2D eigenvalue weighted by atomic mass is 32.2. The molecule has 0 spiro atoms. The van der Waals surface area contributed by atoms with Crippen molar-refractivity contribution in [2.45, 2.75) is 17.7 Å². The molecule has 0 atom stereocenters. The monoisotopic (exact) mass is 423 g/mol. The van der Waals surface area contributed by atoms with Crippen LogP contribution in [0.1, 0.15) is 11.1 Å². The van der Waals surface area contributed by atoms with Gasteiger partial charge in [0.25, 0.3) is 10.0 Å². The van der Waals surface area contributed by atoms with Gasteiger partial charge in [0.2, 0.25) is 0 Å². The largest absolute Gasteiger partial charge is 0.497 e. The lowest BCUT2D eigenvalue weighted by molar-refractivity contribution is 0.414. The van der Waals surface area contributed by atoms with E-state index in [1.54, 1.807) is 37.4 Å². The smallest absolute Gasteiger partial charge is 0.264 e. The minimum Gasteiger partial charge on any atom is -0.497 e. The van der Waals surface area contributed by atoms with Crippen LogP contribution in [0.15, 0.2) is 71.6 Å². The Kier molecular flexibility index (Phi) is 5.55. The summed E-state index contributed by atoms with van der Waals surface area (Å²) >= 11 is 0. The quantitative estimate of drug-likeness (QED) is 0.628. The van der Waals surface area contributed by atoms with Gasteiger partial charge in [-0.25, -0.2) is 8.42 Å². The van der Waals surface area contributed by atoms with Gasteiger partial charge < -0.3 is 15.8 Å². The molecule has 3 N–H and O–H groups in total. The number of rotatable bonds is 3. The standard InChI is InChI=1S/C15H16N2O3S.C8H9N/c1-20-12-5-7-13(8-6-12)21(18,19)17-10-9-11-3-2-4-14(16)15(11)17;1-2-4-8-7(3-1)5-6-9-8/h2-8H,9-10,16H2,1H3;1-4,9H,5-6H2. The first kappa shape index (κ1) is 20.1. The van der Waals surface area contributed by atoms with E-state index in [-0.39, 0.29) is 4.90 Å². The number of fused-ring (bicyclic) bond motifs is 2. The van der Waals surface area contributed by atoms with E-state index in [0.717, 1.165) is 12.1 Å². The van der Waals surface area contributed by atoms with Crippen molar-refractivity contribution in [3.05, 3.63) is 77.9 Å². The van der Waals surface area contributed by atoms with E-state index in [4.69, 9.17) is 10.5 Å². The van der Waals surface area contributed by atoms with Gasteiger partial charge in [0.05, 0.1) is 23.4 Å². The van der Waals surface area contributed by atoms with Gasteiger partial charge >= 0.3 is 0 Å². The zero-order valence-electron chi connectivity index (χ0n) is 16.8. The number of nitrogens with zero attached hydrogens (tertiary/aromatic N) is 1. The molecule has 0 amide bonds. The summed E-state index contributed by atoms with van der Waals surface area (Å²) in [5, 5.41) is 3.30. The van der Waals surface area contributed by atoms with Gasteiger partial charge in [-0.3, -0.25) is 4.31 Å². The maximum Gasteiger partial charge on any atom is 0.264 e. The van der Waals surface area contributed by atoms with E-state index in [9.17, 15) is 8.42 Å². The molecule has 2 heterocycles. The van der Waals surface area contributed by atoms with Crippen LogP contribution in [0.25, 0.3) is 0 Å². The third kappa shape index (κ3) is 3.80. The van der Waals surface area contributed by atoms with Gasteiger partial charge in [-0.1, -0.05) is 30.3 Å². The Bertz CT molecular complexity index is 1120. The number of hydrogen-bond acceptors (Lipinski definition) is 5. The van der Waals surface area contributed by atoms with Gasteiger partial charge in [-0.2, -0.15) is 0 Å². The van der Waals surface area contributed by atoms with E-state index in [2.05, 4.69) is 29.6 Å². The van der Waals surface area contributed by atoms with E-state index in [0.29, 0.717) is 30.1 Å². The molecule has 0 fully saturated rings. The fourth-order valence-corrected chi connectivity index (χ4v) is 5.34. The lowest BCUT2D eigenvalue weighted by atomic mass is 10.1. The van der Waals surface area contributed by atoms with Crippen molar-refractivity contribution in [1.82, 2.24) is 0 Å². The number of benzene rings is 3. The molecule has 5 rings (SSSR count). The summed E-state index contributed by atoms with van der Waals surface area (Å²) in [5.74, 6) is 0.621. The summed E-state index contributed by atoms with van der Waals surface area (Å²) in [5.41, 5.74) is 10.8. The molecule has 2 aliphatic rings. The molecule has 30 heavy (non-hydrogen) atoms. The summed E-state index contributed by atoms with van der Waals surface area (Å²) in [6, 6.07) is 20.3. The molecule has 3 aromatic carbocycles. The maximum atomic E-state index is 12.8. The number of methoxy groups -OCH3 is 1. The van der Waals surface area contributed by atoms with E-state index in [1.165, 1.54) is 22.0 Å². The number of nitrogens with two attached hydrogens (primary N) is 1. The normalized spacial score (nSPS) is 14.2. The van der Waals surface area contributed by atoms with Crippen LogP contribution in [0.3, 0.4) is 0 Å². The Balaban J connectivity index is 0.000000200. The molecule has 0 aromatic heterocycles. The van der Waals surface area contributed by atoms with Crippen LogP contribution < -0.4 is 20.1 Å². The first-order chi connectivity index (χ1) is 14.5. The van der Waals surface area contributed by atoms with E-state index < -0.39 is 10.0 Å². The molecule has 156 valence electrons. The second-order valence-electron chi connectivity index (χ2n) is 7.19. The third-order valence-electron chi connectivity index (χ3n) is 5.36. The molecule has 3 aromatic rings. The van der Waals surface area contributed by atoms with Crippen molar-refractivity contribution in [2.75, 3.05) is 35.6 Å². The number of sulfonamides is 1. The zero-order valence-corrected chi connectivity index (χ0v) is 17.7. The molecule has 0 unspecified atom stereocenters. The number of ether oxygens (including phenoxy) is 1. The molecular weight excluding hydrogens is 398 g/mol. The van der Waals surface area contributed by atoms with Crippen molar-refractivity contribution in [3.63, 3.8) is 0 Å². The highest BCUT2D eigenvalue weighted by Gasteiger charge is 2.32. The van der Waals surface area contributed by atoms with Gasteiger partial charge in [0, 0.05) is 18.8 Å². The molecule has 7 heteroatoms. The van der Waals surface area contributed by atoms with Gasteiger partial charge in [-0.15, -0.1) is 0 Å². The lowest BCUT2D eigenvalue weighted by Gasteiger charge is -2.21. The lowest BCUT2D eigenvalue weighted by Crippen LogP contribution is -2.29. The molecule has 0 radical (unpaired) electrons. The molecule has 6 nitrogen and oxygen atoms in total. The van der Waals surface area contributed by atoms with Crippen LogP contribution in [-0.4, -0.2) is 28.6 Å². The van der Waals surface area contributed by atoms with Gasteiger partial charge in [0.1, 0.15) is 5.75 Å². The summed E-state index contributed by atoms with van der Waals surface area (Å²) in [6.07, 6.45) is 1.87. The maximum absolute atomic E-state index is 12.8. The predicted molar refractivity (Wildman–Crippen MR) is 121 cm³/mol. The number of nitrogen functional groups attached to an aromatic ring is 1. The van der Waals surface area contributed by atoms with Crippen molar-refractivity contribution >= 4 is 27.1 Å². The highest BCUT2D eigenvalue weighted by molar-refractivity contribution is 7.92. The molecule has 0 bridgehead atoms. The fourth-order valence-electron chi connectivity index (χ4n) is 3.81. The Morgan fingerprint density at radius 1 is 0.933 bits per heavy atom. The minimum atomic E-state index is -3.60. The molecule has 2 aliphatic heterocycles. The van der Waals surface area contributed by atoms with Crippen LogP contribution in [0.4, 0.5) is 17.1 Å². The van der Waals surface area contributed by atoms with Gasteiger partial charge in [-0.05, 0) is 60.4 Å². The summed E-state index contributed by atoms with van der Waals surface area (Å²) in [7, 11) is -2.06. The van der Waals surface area contributed by atoms with Crippen LogP contribution in [-0.2, 0) is 22.9 Å². The predicted octanol–water partition coefficient (Wildman–Crippen LogP) is 3.68. The van der Waals surface area contributed by atoms with Crippen LogP contribution in [0.2, 0.25) is 0 Å². The second-order valence-corrected chi connectivity index (χ2v) is 9.05. The number of para-hydroxylation sites is 2. The average molecular weight is 424 g/mol. The Morgan fingerprint density at radius 2 is 1.67 bits per heavy atom. The Labute approximate surface area is 177 Å². The number of hydrogen-bond donors (Lipinski definition) is 2. The first-order valence-electron chi connectivity index (χ1n) is 9.86. The summed E-state index contributed by atoms with van der Waals surface area (Å²) in [4.78, 5) is 0.236. The SMILES string of the molecule is COc1ccc(S(=O)(=O)N2CCc3cccc(N)c32)cc1.c1ccc2c(c1)CCN2. The van der Waals surface area contributed by atoms with Crippen LogP contribution >= 0.6 is 0 Å². The Hall–Kier alpha value is -3.19. The van der Waals surface area contributed by atoms with E-state index in [1.807, 2.05) is 12.1 Å². The van der Waals surface area contributed by atoms with Crippen LogP contribution in [0.5, 0.6) is 5.75 Å². The molecular formula is C23H25N3O3S. The zero-order chi connectivity index (χ0) is 21.1. The minimum absolute atomic E-state index is 0.236. The fraction of sp³-hybridized carbons (Fsp3) is 0.217. The highest BCUT2D eigenvalue weighted by Crippen LogP contribution is 2.37. The van der Waals surface area contributed by atoms with E-state index >= 15 is 0 Å². The number of anilines is 3. The van der Waals surface area contributed by atoms with Crippen molar-refractivity contribution in [1.29, 1.82) is 0 Å². The summed E-state index contributed by atoms with van der Waals surface area (Å²) < 4.78 is 32.0. The second kappa shape index (κ2) is 8.28. The molecule has 0 saturated heterocycles. The third-order valence-corrected chi connectivity index (χ3v) is 7.17. The molecule has 0 saturated carbocycles. The number of nitrogens with one attached hydrogen (secondary N) is 1. The van der Waals surface area contributed by atoms with Gasteiger partial charge in [0.15, 0.2) is 0 Å². The topological polar surface area (TPSA) is 84.7 Å². The van der Waals surface area contributed by atoms with Crippen molar-refractivity contribution in [3.8, 4) is 5.75 Å².